The molecule has 0 N–H and O–H groups in total. The van der Waals surface area contributed by atoms with Gasteiger partial charge in [0.25, 0.3) is 0 Å². The second-order valence-corrected chi connectivity index (χ2v) is 7.19. The van der Waals surface area contributed by atoms with Crippen molar-refractivity contribution in [3.63, 3.8) is 0 Å². The highest BCUT2D eigenvalue weighted by atomic mass is 14.9. The molecule has 0 aliphatic carbocycles. The predicted molar refractivity (Wildman–Crippen MR) is 121 cm³/mol. The maximum atomic E-state index is 4.69. The lowest BCUT2D eigenvalue weighted by Crippen LogP contribution is -1.95. The first kappa shape index (κ1) is 17.3. The van der Waals surface area contributed by atoms with Crippen LogP contribution in [0.3, 0.4) is 0 Å². The van der Waals surface area contributed by atoms with E-state index in [9.17, 15) is 0 Å². The maximum Gasteiger partial charge on any atom is 0.126 e. The highest BCUT2D eigenvalue weighted by molar-refractivity contribution is 5.87. The number of rotatable bonds is 3. The van der Waals surface area contributed by atoms with E-state index in [-0.39, 0.29) is 0 Å². The summed E-state index contributed by atoms with van der Waals surface area (Å²) in [6.07, 6.45) is 0. The van der Waals surface area contributed by atoms with Crippen molar-refractivity contribution in [3.8, 4) is 33.6 Å². The Kier molecular flexibility index (Phi) is 4.38. The minimum absolute atomic E-state index is 0.776. The van der Waals surface area contributed by atoms with Gasteiger partial charge in [0.05, 0.1) is 11.4 Å². The first-order valence-corrected chi connectivity index (χ1v) is 9.77. The molecule has 0 saturated heterocycles. The summed E-state index contributed by atoms with van der Waals surface area (Å²) in [5, 5.41) is 2.45. The molecule has 0 atom stereocenters. The minimum atomic E-state index is 0.776. The van der Waals surface area contributed by atoms with E-state index in [1.807, 2.05) is 13.0 Å². The van der Waals surface area contributed by atoms with Crippen LogP contribution in [0.5, 0.6) is 0 Å². The van der Waals surface area contributed by atoms with E-state index in [0.717, 1.165) is 28.3 Å². The fraction of sp³-hybridized carbons (Fsp3) is 0.0370. The molecule has 0 aliphatic rings. The van der Waals surface area contributed by atoms with Gasteiger partial charge >= 0.3 is 0 Å². The summed E-state index contributed by atoms with van der Waals surface area (Å²) >= 11 is 0. The van der Waals surface area contributed by atoms with Gasteiger partial charge in [0.15, 0.2) is 0 Å². The van der Waals surface area contributed by atoms with Crippen LogP contribution in [-0.2, 0) is 0 Å². The van der Waals surface area contributed by atoms with Crippen LogP contribution in [0.1, 0.15) is 5.82 Å². The smallest absolute Gasteiger partial charge is 0.126 e. The number of fused-ring (bicyclic) bond motifs is 1. The third kappa shape index (κ3) is 3.53. The molecule has 0 amide bonds. The zero-order valence-corrected chi connectivity index (χ0v) is 16.2. The second-order valence-electron chi connectivity index (χ2n) is 7.19. The Bertz CT molecular complexity index is 1290. The molecule has 0 radical (unpaired) electrons. The number of benzene rings is 4. The third-order valence-electron chi connectivity index (χ3n) is 5.17. The van der Waals surface area contributed by atoms with Crippen molar-refractivity contribution in [2.45, 2.75) is 6.92 Å². The highest BCUT2D eigenvalue weighted by Crippen LogP contribution is 2.28. The lowest BCUT2D eigenvalue weighted by atomic mass is 10.0. The van der Waals surface area contributed by atoms with Gasteiger partial charge in [-0.1, -0.05) is 91.0 Å². The van der Waals surface area contributed by atoms with Crippen molar-refractivity contribution in [2.24, 2.45) is 0 Å². The molecular weight excluding hydrogens is 352 g/mol. The molecule has 2 heteroatoms. The summed E-state index contributed by atoms with van der Waals surface area (Å²) in [6, 6.07) is 35.9. The maximum absolute atomic E-state index is 4.69. The lowest BCUT2D eigenvalue weighted by molar-refractivity contribution is 1.06. The molecule has 0 spiro atoms. The standard InChI is InChI=1S/C27H20N2/c1-19-28-26(23-14-11-22(12-15-23)20-7-3-2-4-8-20)18-27(29-19)25-16-13-21-9-5-6-10-24(21)17-25/h2-18H,1H3. The summed E-state index contributed by atoms with van der Waals surface area (Å²) in [4.78, 5) is 9.37. The predicted octanol–water partition coefficient (Wildman–Crippen LogP) is 6.94. The average molecular weight is 372 g/mol. The fourth-order valence-electron chi connectivity index (χ4n) is 3.68. The van der Waals surface area contributed by atoms with Crippen molar-refractivity contribution in [3.05, 3.63) is 109 Å². The van der Waals surface area contributed by atoms with Crippen LogP contribution in [0.15, 0.2) is 103 Å². The SMILES string of the molecule is Cc1nc(-c2ccc(-c3ccccc3)cc2)cc(-c2ccc3ccccc3c2)n1. The largest absolute Gasteiger partial charge is 0.233 e. The van der Waals surface area contributed by atoms with Gasteiger partial charge in [-0.05, 0) is 41.0 Å². The van der Waals surface area contributed by atoms with Gasteiger partial charge in [-0.15, -0.1) is 0 Å². The van der Waals surface area contributed by atoms with Gasteiger partial charge in [-0.25, -0.2) is 9.97 Å². The Morgan fingerprint density at radius 2 is 1.00 bits per heavy atom. The quantitative estimate of drug-likeness (QED) is 0.343. The van der Waals surface area contributed by atoms with Crippen molar-refractivity contribution in [2.75, 3.05) is 0 Å². The monoisotopic (exact) mass is 372 g/mol. The van der Waals surface area contributed by atoms with E-state index in [1.54, 1.807) is 0 Å². The number of nitrogens with zero attached hydrogens (tertiary/aromatic N) is 2. The zero-order valence-electron chi connectivity index (χ0n) is 16.2. The Balaban J connectivity index is 1.53. The van der Waals surface area contributed by atoms with Crippen LogP contribution in [0, 0.1) is 6.92 Å². The first-order valence-electron chi connectivity index (χ1n) is 9.77. The first-order chi connectivity index (χ1) is 14.3. The topological polar surface area (TPSA) is 25.8 Å². The Labute approximate surface area is 170 Å². The second kappa shape index (κ2) is 7.33. The van der Waals surface area contributed by atoms with Crippen LogP contribution >= 0.6 is 0 Å². The number of aromatic nitrogens is 2. The summed E-state index contributed by atoms with van der Waals surface area (Å²) in [7, 11) is 0. The van der Waals surface area contributed by atoms with E-state index in [1.165, 1.54) is 21.9 Å². The van der Waals surface area contributed by atoms with Crippen LogP contribution in [0.2, 0.25) is 0 Å². The molecule has 138 valence electrons. The van der Waals surface area contributed by atoms with Gasteiger partial charge < -0.3 is 0 Å². The van der Waals surface area contributed by atoms with Gasteiger partial charge in [0.1, 0.15) is 5.82 Å². The lowest BCUT2D eigenvalue weighted by Gasteiger charge is -2.09. The number of hydrogen-bond donors (Lipinski definition) is 0. The van der Waals surface area contributed by atoms with Gasteiger partial charge in [-0.3, -0.25) is 0 Å². The molecule has 4 aromatic carbocycles. The summed E-state index contributed by atoms with van der Waals surface area (Å²) in [6.45, 7) is 1.95. The van der Waals surface area contributed by atoms with E-state index >= 15 is 0 Å². The third-order valence-corrected chi connectivity index (χ3v) is 5.17. The van der Waals surface area contributed by atoms with Crippen LogP contribution < -0.4 is 0 Å². The average Bonchev–Trinajstić information content (AvgIpc) is 2.79. The molecule has 0 saturated carbocycles. The van der Waals surface area contributed by atoms with Gasteiger partial charge in [0, 0.05) is 11.1 Å². The minimum Gasteiger partial charge on any atom is -0.233 e. The van der Waals surface area contributed by atoms with Gasteiger partial charge in [0.2, 0.25) is 0 Å². The number of hydrogen-bond acceptors (Lipinski definition) is 2. The molecule has 0 aliphatic heterocycles. The van der Waals surface area contributed by atoms with E-state index in [0.29, 0.717) is 0 Å². The molecule has 5 rings (SSSR count). The highest BCUT2D eigenvalue weighted by Gasteiger charge is 2.08. The van der Waals surface area contributed by atoms with E-state index in [2.05, 4.69) is 102 Å². The van der Waals surface area contributed by atoms with Crippen molar-refractivity contribution in [1.82, 2.24) is 9.97 Å². The van der Waals surface area contributed by atoms with Crippen LogP contribution in [0.25, 0.3) is 44.4 Å². The fourth-order valence-corrected chi connectivity index (χ4v) is 3.68. The summed E-state index contributed by atoms with van der Waals surface area (Å²) in [5.74, 6) is 0.776. The normalized spacial score (nSPS) is 10.9. The Hall–Kier alpha value is -3.78. The van der Waals surface area contributed by atoms with Crippen LogP contribution in [0.4, 0.5) is 0 Å². The zero-order chi connectivity index (χ0) is 19.6. The van der Waals surface area contributed by atoms with Crippen molar-refractivity contribution in [1.29, 1.82) is 0 Å². The van der Waals surface area contributed by atoms with Crippen molar-refractivity contribution >= 4 is 10.8 Å². The van der Waals surface area contributed by atoms with Gasteiger partial charge in [-0.2, -0.15) is 0 Å². The summed E-state index contributed by atoms with van der Waals surface area (Å²) < 4.78 is 0. The van der Waals surface area contributed by atoms with E-state index in [4.69, 9.17) is 4.98 Å². The van der Waals surface area contributed by atoms with Crippen LogP contribution in [-0.4, -0.2) is 9.97 Å². The van der Waals surface area contributed by atoms with E-state index < -0.39 is 0 Å². The Morgan fingerprint density at radius 3 is 1.76 bits per heavy atom. The molecule has 29 heavy (non-hydrogen) atoms. The summed E-state index contributed by atoms with van der Waals surface area (Å²) in [5.41, 5.74) is 6.52. The molecule has 1 heterocycles. The molecule has 2 nitrogen and oxygen atoms in total. The molecular formula is C27H20N2. The van der Waals surface area contributed by atoms with Crippen molar-refractivity contribution < 1.29 is 0 Å². The Morgan fingerprint density at radius 1 is 0.448 bits per heavy atom. The molecule has 1 aromatic heterocycles. The molecule has 5 aromatic rings. The number of aryl methyl sites for hydroxylation is 1. The molecule has 0 unspecified atom stereocenters. The molecule has 0 bridgehead atoms. The molecule has 0 fully saturated rings.